The minimum Gasteiger partial charge on any atom is -0.395 e. The number of aliphatic hydroxyl groups is 1. The van der Waals surface area contributed by atoms with Gasteiger partial charge in [0.25, 0.3) is 0 Å². The summed E-state index contributed by atoms with van der Waals surface area (Å²) in [6.45, 7) is 8.04. The highest BCUT2D eigenvalue weighted by Crippen LogP contribution is 1.85. The summed E-state index contributed by atoms with van der Waals surface area (Å²) < 4.78 is 0. The third kappa shape index (κ3) is 3.73. The monoisotopic (exact) mass is 128 g/mol. The molecule has 0 aromatic rings. The molecule has 0 radical (unpaired) electrons. The van der Waals surface area contributed by atoms with Crippen LogP contribution in [0.15, 0.2) is 17.8 Å². The molecule has 3 heteroatoms. The lowest BCUT2D eigenvalue weighted by atomic mass is 10.6. The highest BCUT2D eigenvalue weighted by molar-refractivity contribution is 5.23. The first kappa shape index (κ1) is 8.17. The summed E-state index contributed by atoms with van der Waals surface area (Å²) in [4.78, 5) is 5.39. The van der Waals surface area contributed by atoms with Gasteiger partial charge in [-0.15, -0.1) is 0 Å². The number of rotatable bonds is 5. The van der Waals surface area contributed by atoms with E-state index in [1.54, 1.807) is 11.1 Å². The van der Waals surface area contributed by atoms with Gasteiger partial charge in [-0.3, -0.25) is 4.99 Å². The van der Waals surface area contributed by atoms with E-state index in [-0.39, 0.29) is 6.61 Å². The molecule has 0 amide bonds. The predicted octanol–water partition coefficient (Wildman–Crippen LogP) is 0.0823. The maximum atomic E-state index is 8.44. The van der Waals surface area contributed by atoms with Gasteiger partial charge in [-0.05, 0) is 12.9 Å². The topological polar surface area (TPSA) is 35.8 Å². The van der Waals surface area contributed by atoms with E-state index >= 15 is 0 Å². The van der Waals surface area contributed by atoms with E-state index in [2.05, 4.69) is 18.3 Å². The van der Waals surface area contributed by atoms with Crippen LogP contribution in [0.2, 0.25) is 0 Å². The summed E-state index contributed by atoms with van der Waals surface area (Å²) in [5.41, 5.74) is 0. The van der Waals surface area contributed by atoms with Gasteiger partial charge < -0.3 is 10.0 Å². The Hall–Kier alpha value is -0.830. The molecule has 0 rings (SSSR count). The Bertz CT molecular complexity index is 93.1. The Morgan fingerprint density at radius 2 is 2.33 bits per heavy atom. The fourth-order valence-electron chi connectivity index (χ4n) is 0.477. The second-order valence-corrected chi connectivity index (χ2v) is 1.58. The van der Waals surface area contributed by atoms with Crippen LogP contribution >= 0.6 is 0 Å². The number of nitrogens with zero attached hydrogens (tertiary/aromatic N) is 2. The zero-order valence-corrected chi connectivity index (χ0v) is 5.45. The van der Waals surface area contributed by atoms with Gasteiger partial charge in [-0.1, -0.05) is 6.58 Å². The van der Waals surface area contributed by atoms with Gasteiger partial charge in [0.1, 0.15) is 6.67 Å². The fourth-order valence-corrected chi connectivity index (χ4v) is 0.477. The molecule has 0 fully saturated rings. The summed E-state index contributed by atoms with van der Waals surface area (Å²) >= 11 is 0. The van der Waals surface area contributed by atoms with Gasteiger partial charge in [0.05, 0.1) is 6.61 Å². The Morgan fingerprint density at radius 3 is 2.67 bits per heavy atom. The predicted molar refractivity (Wildman–Crippen MR) is 38.4 cm³/mol. The van der Waals surface area contributed by atoms with Crippen molar-refractivity contribution < 1.29 is 5.11 Å². The molecular weight excluding hydrogens is 116 g/mol. The van der Waals surface area contributed by atoms with Crippen molar-refractivity contribution in [3.05, 3.63) is 12.8 Å². The first-order valence-corrected chi connectivity index (χ1v) is 2.75. The van der Waals surface area contributed by atoms with E-state index in [1.165, 1.54) is 0 Å². The van der Waals surface area contributed by atoms with Gasteiger partial charge in [0.2, 0.25) is 0 Å². The zero-order chi connectivity index (χ0) is 7.11. The maximum absolute atomic E-state index is 8.44. The van der Waals surface area contributed by atoms with Crippen LogP contribution in [0.25, 0.3) is 0 Å². The smallest absolute Gasteiger partial charge is 0.109 e. The highest BCUT2D eigenvalue weighted by atomic mass is 16.3. The Labute approximate surface area is 55.3 Å². The number of aliphatic hydroxyl groups excluding tert-OH is 1. The lowest BCUT2D eigenvalue weighted by Gasteiger charge is -2.14. The van der Waals surface area contributed by atoms with Crippen LogP contribution in [0.5, 0.6) is 0 Å². The van der Waals surface area contributed by atoms with Crippen molar-refractivity contribution in [3.63, 3.8) is 0 Å². The molecule has 0 unspecified atom stereocenters. The molecule has 0 atom stereocenters. The van der Waals surface area contributed by atoms with E-state index < -0.39 is 0 Å². The van der Waals surface area contributed by atoms with Crippen molar-refractivity contribution in [3.8, 4) is 0 Å². The molecule has 0 aliphatic carbocycles. The SMILES string of the molecule is C=CN(CCO)CN=C. The van der Waals surface area contributed by atoms with Gasteiger partial charge in [-0.25, -0.2) is 0 Å². The molecule has 0 saturated carbocycles. The molecule has 0 aromatic heterocycles. The van der Waals surface area contributed by atoms with Crippen LogP contribution in [0.3, 0.4) is 0 Å². The van der Waals surface area contributed by atoms with E-state index in [1.807, 2.05) is 0 Å². The highest BCUT2D eigenvalue weighted by Gasteiger charge is 1.91. The number of hydrogen-bond acceptors (Lipinski definition) is 3. The van der Waals surface area contributed by atoms with E-state index in [0.29, 0.717) is 13.2 Å². The summed E-state index contributed by atoms with van der Waals surface area (Å²) in [6.07, 6.45) is 1.63. The van der Waals surface area contributed by atoms with Crippen LogP contribution in [0.4, 0.5) is 0 Å². The fraction of sp³-hybridized carbons (Fsp3) is 0.500. The van der Waals surface area contributed by atoms with Crippen LogP contribution < -0.4 is 0 Å². The molecule has 9 heavy (non-hydrogen) atoms. The Morgan fingerprint density at radius 1 is 1.67 bits per heavy atom. The second-order valence-electron chi connectivity index (χ2n) is 1.58. The van der Waals surface area contributed by atoms with Crippen molar-refractivity contribution in [2.75, 3.05) is 19.8 Å². The Kier molecular flexibility index (Phi) is 4.82. The molecule has 52 valence electrons. The van der Waals surface area contributed by atoms with Crippen molar-refractivity contribution >= 4 is 6.72 Å². The van der Waals surface area contributed by atoms with Crippen molar-refractivity contribution in [1.82, 2.24) is 4.90 Å². The molecule has 0 aromatic carbocycles. The van der Waals surface area contributed by atoms with E-state index in [0.717, 1.165) is 0 Å². The van der Waals surface area contributed by atoms with Crippen LogP contribution in [0.1, 0.15) is 0 Å². The molecule has 1 N–H and O–H groups in total. The molecule has 0 aliphatic rings. The summed E-state index contributed by atoms with van der Waals surface area (Å²) in [7, 11) is 0. The maximum Gasteiger partial charge on any atom is 0.109 e. The van der Waals surface area contributed by atoms with Crippen molar-refractivity contribution in [2.45, 2.75) is 0 Å². The van der Waals surface area contributed by atoms with Crippen molar-refractivity contribution in [2.24, 2.45) is 4.99 Å². The average molecular weight is 128 g/mol. The molecule has 0 spiro atoms. The third-order valence-electron chi connectivity index (χ3n) is 0.927. The standard InChI is InChI=1S/C6H12N2O/c1-3-8(4-5-9)6-7-2/h3,9H,1-2,4-6H2. The van der Waals surface area contributed by atoms with E-state index in [4.69, 9.17) is 5.11 Å². The number of aliphatic imine (C=N–C) groups is 1. The molecule has 0 heterocycles. The van der Waals surface area contributed by atoms with Gasteiger partial charge in [0.15, 0.2) is 0 Å². The lowest BCUT2D eigenvalue weighted by Crippen LogP contribution is -2.20. The lowest BCUT2D eigenvalue weighted by molar-refractivity contribution is 0.240. The quantitative estimate of drug-likeness (QED) is 0.532. The van der Waals surface area contributed by atoms with Gasteiger partial charge >= 0.3 is 0 Å². The first-order chi connectivity index (χ1) is 4.35. The largest absolute Gasteiger partial charge is 0.395 e. The summed E-state index contributed by atoms with van der Waals surface area (Å²) in [5.74, 6) is 0. The van der Waals surface area contributed by atoms with Gasteiger partial charge in [0, 0.05) is 6.54 Å². The normalized spacial score (nSPS) is 8.56. The minimum absolute atomic E-state index is 0.127. The zero-order valence-electron chi connectivity index (χ0n) is 5.45. The molecular formula is C6H12N2O. The van der Waals surface area contributed by atoms with Crippen LogP contribution in [-0.4, -0.2) is 36.5 Å². The molecule has 3 nitrogen and oxygen atoms in total. The van der Waals surface area contributed by atoms with Crippen molar-refractivity contribution in [1.29, 1.82) is 0 Å². The Balaban J connectivity index is 3.40. The summed E-state index contributed by atoms with van der Waals surface area (Å²) in [6, 6.07) is 0. The van der Waals surface area contributed by atoms with Crippen LogP contribution in [0, 0.1) is 0 Å². The first-order valence-electron chi connectivity index (χ1n) is 2.75. The minimum atomic E-state index is 0.127. The summed E-state index contributed by atoms with van der Waals surface area (Å²) in [5, 5.41) is 8.44. The van der Waals surface area contributed by atoms with Crippen LogP contribution in [-0.2, 0) is 0 Å². The molecule has 0 bridgehead atoms. The second kappa shape index (κ2) is 5.31. The average Bonchev–Trinajstić information content (AvgIpc) is 1.88. The molecule has 0 aliphatic heterocycles. The molecule has 0 saturated heterocycles. The third-order valence-corrected chi connectivity index (χ3v) is 0.927. The number of hydrogen-bond donors (Lipinski definition) is 1. The van der Waals surface area contributed by atoms with Gasteiger partial charge in [-0.2, -0.15) is 0 Å². The van der Waals surface area contributed by atoms with E-state index in [9.17, 15) is 0 Å².